The first-order chi connectivity index (χ1) is 9.90. The number of sulfone groups is 1. The van der Waals surface area contributed by atoms with Crippen LogP contribution in [0.4, 0.5) is 0 Å². The number of rotatable bonds is 4. The van der Waals surface area contributed by atoms with Gasteiger partial charge in [-0.15, -0.1) is 0 Å². The average molecular weight is 310 g/mol. The van der Waals surface area contributed by atoms with Crippen molar-refractivity contribution >= 4 is 15.7 Å². The highest BCUT2D eigenvalue weighted by Crippen LogP contribution is 2.21. The summed E-state index contributed by atoms with van der Waals surface area (Å²) in [6.45, 7) is 4.79. The Morgan fingerprint density at radius 3 is 2.52 bits per heavy atom. The smallest absolute Gasteiger partial charge is 0.272 e. The maximum Gasteiger partial charge on any atom is 0.272 e. The zero-order chi connectivity index (χ0) is 15.5. The van der Waals surface area contributed by atoms with E-state index in [1.54, 1.807) is 29.3 Å². The molecule has 2 rings (SSSR count). The number of pyridine rings is 1. The maximum atomic E-state index is 12.2. The van der Waals surface area contributed by atoms with Gasteiger partial charge in [0.1, 0.15) is 5.69 Å². The van der Waals surface area contributed by atoms with Crippen LogP contribution < -0.4 is 0 Å². The van der Waals surface area contributed by atoms with Crippen molar-refractivity contribution < 1.29 is 13.2 Å². The van der Waals surface area contributed by atoms with Crippen LogP contribution in [0.3, 0.4) is 0 Å². The van der Waals surface area contributed by atoms with E-state index in [1.165, 1.54) is 0 Å². The SMILES string of the molecule is CC(C)CS(=O)(=O)C1CCN(C(=O)c2ccccn2)CC1. The van der Waals surface area contributed by atoms with Crippen LogP contribution in [0, 0.1) is 5.92 Å². The predicted octanol–water partition coefficient (Wildman–Crippen LogP) is 1.76. The van der Waals surface area contributed by atoms with Crippen molar-refractivity contribution in [2.75, 3.05) is 18.8 Å². The highest BCUT2D eigenvalue weighted by atomic mass is 32.2. The molecule has 2 heterocycles. The fourth-order valence-electron chi connectivity index (χ4n) is 2.67. The fraction of sp³-hybridized carbons (Fsp3) is 0.600. The third-order valence-electron chi connectivity index (χ3n) is 3.69. The molecule has 1 aromatic rings. The molecule has 0 bridgehead atoms. The second-order valence-corrected chi connectivity index (χ2v) is 8.26. The lowest BCUT2D eigenvalue weighted by atomic mass is 10.1. The van der Waals surface area contributed by atoms with Gasteiger partial charge in [0.05, 0.1) is 11.0 Å². The minimum Gasteiger partial charge on any atom is -0.337 e. The first-order valence-electron chi connectivity index (χ1n) is 7.32. The van der Waals surface area contributed by atoms with Gasteiger partial charge in [-0.1, -0.05) is 19.9 Å². The standard InChI is InChI=1S/C15H22N2O3S/c1-12(2)11-21(19,20)13-6-9-17(10-7-13)15(18)14-5-3-4-8-16-14/h3-5,8,12-13H,6-7,9-11H2,1-2H3. The van der Waals surface area contributed by atoms with Crippen LogP contribution in [0.5, 0.6) is 0 Å². The van der Waals surface area contributed by atoms with E-state index in [0.717, 1.165) is 0 Å². The molecule has 21 heavy (non-hydrogen) atoms. The van der Waals surface area contributed by atoms with Gasteiger partial charge >= 0.3 is 0 Å². The van der Waals surface area contributed by atoms with E-state index in [-0.39, 0.29) is 22.8 Å². The summed E-state index contributed by atoms with van der Waals surface area (Å²) in [7, 11) is -3.05. The van der Waals surface area contributed by atoms with Crippen molar-refractivity contribution in [3.63, 3.8) is 0 Å². The molecular weight excluding hydrogens is 288 g/mol. The monoisotopic (exact) mass is 310 g/mol. The van der Waals surface area contributed by atoms with Gasteiger partial charge in [-0.05, 0) is 30.9 Å². The van der Waals surface area contributed by atoms with Gasteiger partial charge < -0.3 is 4.90 Å². The minimum atomic E-state index is -3.05. The minimum absolute atomic E-state index is 0.115. The van der Waals surface area contributed by atoms with Crippen molar-refractivity contribution in [3.05, 3.63) is 30.1 Å². The fourth-order valence-corrected chi connectivity index (χ4v) is 4.80. The molecule has 1 amide bonds. The van der Waals surface area contributed by atoms with Gasteiger partial charge in [0.15, 0.2) is 9.84 Å². The topological polar surface area (TPSA) is 67.3 Å². The second kappa shape index (κ2) is 6.56. The Hall–Kier alpha value is -1.43. The van der Waals surface area contributed by atoms with Crippen LogP contribution in [0.25, 0.3) is 0 Å². The van der Waals surface area contributed by atoms with Gasteiger partial charge in [-0.2, -0.15) is 0 Å². The van der Waals surface area contributed by atoms with Crippen molar-refractivity contribution in [1.82, 2.24) is 9.88 Å². The molecule has 6 heteroatoms. The molecule has 0 spiro atoms. The van der Waals surface area contributed by atoms with Crippen molar-refractivity contribution in [1.29, 1.82) is 0 Å². The summed E-state index contributed by atoms with van der Waals surface area (Å²) in [6, 6.07) is 5.23. The number of piperidine rings is 1. The van der Waals surface area contributed by atoms with Gasteiger partial charge in [-0.25, -0.2) is 8.42 Å². The zero-order valence-electron chi connectivity index (χ0n) is 12.5. The molecule has 5 nitrogen and oxygen atoms in total. The molecule has 0 N–H and O–H groups in total. The van der Waals surface area contributed by atoms with Gasteiger partial charge in [0, 0.05) is 19.3 Å². The quantitative estimate of drug-likeness (QED) is 0.850. The van der Waals surface area contributed by atoms with E-state index >= 15 is 0 Å². The Bertz CT molecular complexity index is 576. The zero-order valence-corrected chi connectivity index (χ0v) is 13.3. The molecule has 0 unspecified atom stereocenters. The Kier molecular flexibility index (Phi) is 4.98. The van der Waals surface area contributed by atoms with Crippen molar-refractivity contribution in [2.45, 2.75) is 31.9 Å². The van der Waals surface area contributed by atoms with Crippen LogP contribution in [0.2, 0.25) is 0 Å². The molecular formula is C15H22N2O3S. The van der Waals surface area contributed by atoms with E-state index in [9.17, 15) is 13.2 Å². The Morgan fingerprint density at radius 1 is 1.33 bits per heavy atom. The molecule has 0 aromatic carbocycles. The predicted molar refractivity (Wildman–Crippen MR) is 81.8 cm³/mol. The summed E-state index contributed by atoms with van der Waals surface area (Å²) in [5.74, 6) is 0.254. The summed E-state index contributed by atoms with van der Waals surface area (Å²) >= 11 is 0. The van der Waals surface area contributed by atoms with Crippen LogP contribution in [-0.4, -0.2) is 48.3 Å². The summed E-state index contributed by atoms with van der Waals surface area (Å²) < 4.78 is 24.5. The highest BCUT2D eigenvalue weighted by molar-refractivity contribution is 7.92. The number of aromatic nitrogens is 1. The second-order valence-electron chi connectivity index (χ2n) is 5.93. The first kappa shape index (κ1) is 15.9. The summed E-state index contributed by atoms with van der Waals surface area (Å²) in [5, 5.41) is -0.312. The van der Waals surface area contributed by atoms with Crippen molar-refractivity contribution in [2.24, 2.45) is 5.92 Å². The third kappa shape index (κ3) is 4.03. The van der Waals surface area contributed by atoms with Gasteiger partial charge in [0.25, 0.3) is 5.91 Å². The van der Waals surface area contributed by atoms with Crippen LogP contribution >= 0.6 is 0 Å². The van der Waals surface area contributed by atoms with E-state index in [1.807, 2.05) is 13.8 Å². The number of carbonyl (C=O) groups is 1. The Balaban J connectivity index is 1.96. The Labute approximate surface area is 126 Å². The number of amides is 1. The lowest BCUT2D eigenvalue weighted by Crippen LogP contribution is -2.43. The Morgan fingerprint density at radius 2 is 2.00 bits per heavy atom. The van der Waals surface area contributed by atoms with E-state index in [2.05, 4.69) is 4.98 Å². The molecule has 0 aliphatic carbocycles. The largest absolute Gasteiger partial charge is 0.337 e. The number of likely N-dealkylation sites (tertiary alicyclic amines) is 1. The van der Waals surface area contributed by atoms with Crippen LogP contribution in [0.15, 0.2) is 24.4 Å². The molecule has 0 saturated carbocycles. The summed E-state index contributed by atoms with van der Waals surface area (Å²) in [5.41, 5.74) is 0.418. The van der Waals surface area contributed by atoms with E-state index in [0.29, 0.717) is 31.6 Å². The van der Waals surface area contributed by atoms with Crippen LogP contribution in [0.1, 0.15) is 37.2 Å². The summed E-state index contributed by atoms with van der Waals surface area (Å²) in [6.07, 6.45) is 2.63. The average Bonchev–Trinajstić information content (AvgIpc) is 2.46. The summed E-state index contributed by atoms with van der Waals surface area (Å²) in [4.78, 5) is 18.0. The number of carbonyl (C=O) groups excluding carboxylic acids is 1. The molecule has 1 fully saturated rings. The number of nitrogens with zero attached hydrogens (tertiary/aromatic N) is 2. The maximum absolute atomic E-state index is 12.2. The molecule has 1 saturated heterocycles. The van der Waals surface area contributed by atoms with Crippen LogP contribution in [-0.2, 0) is 9.84 Å². The third-order valence-corrected chi connectivity index (χ3v) is 6.31. The van der Waals surface area contributed by atoms with E-state index < -0.39 is 9.84 Å². The molecule has 116 valence electrons. The van der Waals surface area contributed by atoms with E-state index in [4.69, 9.17) is 0 Å². The van der Waals surface area contributed by atoms with Gasteiger partial charge in [-0.3, -0.25) is 9.78 Å². The molecule has 1 aliphatic rings. The number of hydrogen-bond acceptors (Lipinski definition) is 4. The molecule has 0 radical (unpaired) electrons. The van der Waals surface area contributed by atoms with Gasteiger partial charge in [0.2, 0.25) is 0 Å². The molecule has 0 atom stereocenters. The molecule has 1 aromatic heterocycles. The lowest BCUT2D eigenvalue weighted by Gasteiger charge is -2.31. The van der Waals surface area contributed by atoms with Crippen molar-refractivity contribution in [3.8, 4) is 0 Å². The lowest BCUT2D eigenvalue weighted by molar-refractivity contribution is 0.0719. The molecule has 1 aliphatic heterocycles. The highest BCUT2D eigenvalue weighted by Gasteiger charge is 2.32. The number of hydrogen-bond donors (Lipinski definition) is 0. The first-order valence-corrected chi connectivity index (χ1v) is 9.03. The normalized spacial score (nSPS) is 17.2.